The van der Waals surface area contributed by atoms with Gasteiger partial charge in [0.2, 0.25) is 5.82 Å². The number of aryl methyl sites for hydroxylation is 2. The number of amides is 1. The fourth-order valence-electron chi connectivity index (χ4n) is 1.88. The van der Waals surface area contributed by atoms with E-state index in [2.05, 4.69) is 5.32 Å². The number of benzene rings is 2. The van der Waals surface area contributed by atoms with E-state index < -0.39 is 22.3 Å². The third-order valence-corrected chi connectivity index (χ3v) is 3.27. The lowest BCUT2D eigenvalue weighted by molar-refractivity contribution is -0.387. The Bertz CT molecular complexity index is 762. The molecular formula is C16H15FN2O4. The minimum Gasteiger partial charge on any atom is -0.484 e. The molecule has 0 aliphatic heterocycles. The van der Waals surface area contributed by atoms with Crippen LogP contribution in [0, 0.1) is 29.8 Å². The Kier molecular flexibility index (Phi) is 4.90. The van der Waals surface area contributed by atoms with Gasteiger partial charge in [-0.1, -0.05) is 6.07 Å². The van der Waals surface area contributed by atoms with E-state index in [-0.39, 0.29) is 12.3 Å². The van der Waals surface area contributed by atoms with Crippen molar-refractivity contribution in [2.24, 2.45) is 0 Å². The summed E-state index contributed by atoms with van der Waals surface area (Å²) in [5.41, 5.74) is 1.59. The average molecular weight is 318 g/mol. The van der Waals surface area contributed by atoms with E-state index in [1.165, 1.54) is 6.07 Å². The number of carbonyl (C=O) groups is 1. The summed E-state index contributed by atoms with van der Waals surface area (Å²) in [6.45, 7) is 3.64. The van der Waals surface area contributed by atoms with E-state index in [0.717, 1.165) is 23.3 Å². The normalized spacial score (nSPS) is 10.2. The van der Waals surface area contributed by atoms with Gasteiger partial charge in [0.25, 0.3) is 5.91 Å². The monoisotopic (exact) mass is 318 g/mol. The first-order chi connectivity index (χ1) is 10.9. The highest BCUT2D eigenvalue weighted by Gasteiger charge is 2.15. The molecule has 0 fully saturated rings. The van der Waals surface area contributed by atoms with E-state index in [4.69, 9.17) is 4.74 Å². The average Bonchev–Trinajstić information content (AvgIpc) is 2.50. The second kappa shape index (κ2) is 6.87. The van der Waals surface area contributed by atoms with Crippen molar-refractivity contribution in [3.63, 3.8) is 0 Å². The van der Waals surface area contributed by atoms with Gasteiger partial charge in [0.1, 0.15) is 5.75 Å². The van der Waals surface area contributed by atoms with Crippen LogP contribution in [-0.2, 0) is 4.79 Å². The Morgan fingerprint density at radius 2 is 1.96 bits per heavy atom. The predicted molar refractivity (Wildman–Crippen MR) is 83.1 cm³/mol. The first kappa shape index (κ1) is 16.4. The summed E-state index contributed by atoms with van der Waals surface area (Å²) in [7, 11) is 0. The number of halogens is 1. The van der Waals surface area contributed by atoms with Crippen molar-refractivity contribution in [3.8, 4) is 5.75 Å². The Labute approximate surface area is 132 Å². The molecule has 6 nitrogen and oxygen atoms in total. The molecule has 0 aliphatic carbocycles. The molecule has 1 N–H and O–H groups in total. The van der Waals surface area contributed by atoms with Crippen molar-refractivity contribution < 1.29 is 18.8 Å². The van der Waals surface area contributed by atoms with Crippen LogP contribution in [-0.4, -0.2) is 17.4 Å². The number of ether oxygens (including phenoxy) is 1. The Morgan fingerprint density at radius 1 is 1.22 bits per heavy atom. The van der Waals surface area contributed by atoms with Crippen LogP contribution < -0.4 is 10.1 Å². The number of nitrogens with one attached hydrogen (secondary N) is 1. The van der Waals surface area contributed by atoms with Crippen LogP contribution in [0.4, 0.5) is 15.8 Å². The Morgan fingerprint density at radius 3 is 2.61 bits per heavy atom. The zero-order valence-corrected chi connectivity index (χ0v) is 12.6. The van der Waals surface area contributed by atoms with Crippen molar-refractivity contribution in [3.05, 3.63) is 63.5 Å². The molecule has 0 unspecified atom stereocenters. The fourth-order valence-corrected chi connectivity index (χ4v) is 1.88. The molecule has 0 atom stereocenters. The van der Waals surface area contributed by atoms with Crippen LogP contribution in [0.2, 0.25) is 0 Å². The van der Waals surface area contributed by atoms with Crippen LogP contribution in [0.25, 0.3) is 0 Å². The van der Waals surface area contributed by atoms with Gasteiger partial charge in [-0.3, -0.25) is 14.9 Å². The fraction of sp³-hybridized carbons (Fsp3) is 0.188. The number of anilines is 1. The summed E-state index contributed by atoms with van der Waals surface area (Å²) < 4.78 is 18.6. The van der Waals surface area contributed by atoms with E-state index in [0.29, 0.717) is 5.75 Å². The van der Waals surface area contributed by atoms with E-state index >= 15 is 0 Å². The van der Waals surface area contributed by atoms with Crippen molar-refractivity contribution in [2.75, 3.05) is 11.9 Å². The lowest BCUT2D eigenvalue weighted by Crippen LogP contribution is -2.20. The predicted octanol–water partition coefficient (Wildman–Crippen LogP) is 3.37. The van der Waals surface area contributed by atoms with Crippen LogP contribution in [0.3, 0.4) is 0 Å². The second-order valence-corrected chi connectivity index (χ2v) is 5.01. The van der Waals surface area contributed by atoms with Gasteiger partial charge >= 0.3 is 5.69 Å². The van der Waals surface area contributed by atoms with Crippen LogP contribution in [0.15, 0.2) is 36.4 Å². The molecule has 0 spiro atoms. The number of nitro groups is 1. The largest absolute Gasteiger partial charge is 0.484 e. The molecule has 7 heteroatoms. The molecule has 0 aliphatic rings. The highest BCUT2D eigenvalue weighted by molar-refractivity contribution is 5.92. The third-order valence-electron chi connectivity index (χ3n) is 3.27. The van der Waals surface area contributed by atoms with Crippen molar-refractivity contribution in [1.82, 2.24) is 0 Å². The van der Waals surface area contributed by atoms with Gasteiger partial charge in [-0.2, -0.15) is 4.39 Å². The number of rotatable bonds is 5. The van der Waals surface area contributed by atoms with Gasteiger partial charge in [-0.05, 0) is 49.2 Å². The van der Waals surface area contributed by atoms with Crippen LogP contribution in [0.1, 0.15) is 11.1 Å². The molecule has 120 valence electrons. The highest BCUT2D eigenvalue weighted by Crippen LogP contribution is 2.21. The molecule has 23 heavy (non-hydrogen) atoms. The zero-order valence-electron chi connectivity index (χ0n) is 12.6. The van der Waals surface area contributed by atoms with Crippen LogP contribution >= 0.6 is 0 Å². The maximum Gasteiger partial charge on any atom is 0.306 e. The first-order valence-corrected chi connectivity index (χ1v) is 6.80. The molecule has 0 radical (unpaired) electrons. The minimum absolute atomic E-state index is 0.131. The molecule has 0 aromatic heterocycles. The van der Waals surface area contributed by atoms with Gasteiger partial charge in [0.05, 0.1) is 4.92 Å². The number of nitrogens with zero attached hydrogens (tertiary/aromatic N) is 1. The molecule has 0 saturated heterocycles. The summed E-state index contributed by atoms with van der Waals surface area (Å²) in [5.74, 6) is -0.906. The van der Waals surface area contributed by atoms with Crippen LogP contribution in [0.5, 0.6) is 5.75 Å². The maximum absolute atomic E-state index is 13.2. The summed E-state index contributed by atoms with van der Waals surface area (Å²) in [6, 6.07) is 8.58. The zero-order chi connectivity index (χ0) is 17.0. The van der Waals surface area contributed by atoms with Gasteiger partial charge in [-0.15, -0.1) is 0 Å². The molecule has 2 aromatic rings. The third kappa shape index (κ3) is 4.26. The molecule has 1 amide bonds. The van der Waals surface area contributed by atoms with Crippen molar-refractivity contribution in [2.45, 2.75) is 13.8 Å². The quantitative estimate of drug-likeness (QED) is 0.677. The second-order valence-electron chi connectivity index (χ2n) is 5.01. The molecule has 0 bridgehead atoms. The minimum atomic E-state index is -0.959. The van der Waals surface area contributed by atoms with Crippen molar-refractivity contribution in [1.29, 1.82) is 0 Å². The smallest absolute Gasteiger partial charge is 0.306 e. The SMILES string of the molecule is Cc1ccc(OCC(=O)Nc2ccc(F)c([N+](=O)[O-])c2)cc1C. The van der Waals surface area contributed by atoms with E-state index in [1.54, 1.807) is 6.07 Å². The molecular weight excluding hydrogens is 303 g/mol. The number of nitro benzene ring substituents is 1. The number of hydrogen-bond acceptors (Lipinski definition) is 4. The lowest BCUT2D eigenvalue weighted by Gasteiger charge is -2.09. The van der Waals surface area contributed by atoms with Gasteiger partial charge in [0.15, 0.2) is 6.61 Å². The summed E-state index contributed by atoms with van der Waals surface area (Å²) in [4.78, 5) is 21.6. The summed E-state index contributed by atoms with van der Waals surface area (Å²) >= 11 is 0. The lowest BCUT2D eigenvalue weighted by atomic mass is 10.1. The topological polar surface area (TPSA) is 81.5 Å². The highest BCUT2D eigenvalue weighted by atomic mass is 19.1. The van der Waals surface area contributed by atoms with E-state index in [1.807, 2.05) is 26.0 Å². The maximum atomic E-state index is 13.2. The summed E-state index contributed by atoms with van der Waals surface area (Å²) in [6.07, 6.45) is 0. The molecule has 0 heterocycles. The Hall–Kier alpha value is -2.96. The van der Waals surface area contributed by atoms with E-state index in [9.17, 15) is 19.3 Å². The van der Waals surface area contributed by atoms with Gasteiger partial charge in [0, 0.05) is 11.8 Å². The molecule has 2 rings (SSSR count). The first-order valence-electron chi connectivity index (χ1n) is 6.80. The summed E-state index contributed by atoms with van der Waals surface area (Å²) in [5, 5.41) is 13.1. The number of hydrogen-bond donors (Lipinski definition) is 1. The van der Waals surface area contributed by atoms with Gasteiger partial charge < -0.3 is 10.1 Å². The van der Waals surface area contributed by atoms with Crippen molar-refractivity contribution >= 4 is 17.3 Å². The number of carbonyl (C=O) groups excluding carboxylic acids is 1. The standard InChI is InChI=1S/C16H15FN2O4/c1-10-3-5-13(7-11(10)2)23-9-16(20)18-12-4-6-14(17)15(8-12)19(21)22/h3-8H,9H2,1-2H3,(H,18,20). The Balaban J connectivity index is 1.98. The van der Waals surface area contributed by atoms with Gasteiger partial charge in [-0.25, -0.2) is 0 Å². The molecule has 2 aromatic carbocycles. The molecule has 0 saturated carbocycles.